The monoisotopic (exact) mass is 402 g/mol. The second-order valence-electron chi connectivity index (χ2n) is 12.6. The van der Waals surface area contributed by atoms with E-state index in [4.69, 9.17) is 0 Å². The van der Waals surface area contributed by atoms with Gasteiger partial charge >= 0.3 is 0 Å². The van der Waals surface area contributed by atoms with Gasteiger partial charge in [-0.1, -0.05) is 45.3 Å². The molecule has 3 fully saturated rings. The van der Waals surface area contributed by atoms with E-state index in [0.717, 1.165) is 55.3 Å². The van der Waals surface area contributed by atoms with E-state index >= 15 is 0 Å². The molecule has 4 rings (SSSR count). The topological polar surface area (TPSA) is 40.5 Å². The van der Waals surface area contributed by atoms with Gasteiger partial charge in [-0.05, 0) is 112 Å². The Bertz CT molecular complexity index is 631. The summed E-state index contributed by atoms with van der Waals surface area (Å²) in [6.45, 7) is 11.6. The van der Waals surface area contributed by atoms with Crippen molar-refractivity contribution in [2.24, 2.45) is 40.4 Å². The lowest BCUT2D eigenvalue weighted by Gasteiger charge is -2.58. The molecule has 2 heteroatoms. The molecule has 2 nitrogen and oxygen atoms in total. The molecule has 4 aliphatic rings. The Balaban J connectivity index is 1.47. The summed E-state index contributed by atoms with van der Waals surface area (Å²) >= 11 is 0. The molecule has 4 aliphatic carbocycles. The first-order valence-electron chi connectivity index (χ1n) is 12.6. The lowest BCUT2D eigenvalue weighted by Crippen LogP contribution is -2.50. The van der Waals surface area contributed by atoms with Crippen molar-refractivity contribution in [1.82, 2.24) is 0 Å². The molecule has 0 heterocycles. The van der Waals surface area contributed by atoms with Crippen molar-refractivity contribution in [3.8, 4) is 0 Å². The Kier molecular flexibility index (Phi) is 5.78. The van der Waals surface area contributed by atoms with Crippen molar-refractivity contribution in [3.05, 3.63) is 11.6 Å². The Morgan fingerprint density at radius 1 is 1.10 bits per heavy atom. The van der Waals surface area contributed by atoms with E-state index in [2.05, 4.69) is 26.8 Å². The minimum atomic E-state index is -0.519. The van der Waals surface area contributed by atoms with Crippen molar-refractivity contribution in [3.63, 3.8) is 0 Å². The van der Waals surface area contributed by atoms with Gasteiger partial charge in [-0.15, -0.1) is 0 Å². The maximum Gasteiger partial charge on any atom is 0.0591 e. The van der Waals surface area contributed by atoms with Crippen LogP contribution in [0.1, 0.15) is 105 Å². The maximum atomic E-state index is 10.2. The van der Waals surface area contributed by atoms with Crippen LogP contribution in [0.5, 0.6) is 0 Å². The number of rotatable bonds is 5. The molecule has 0 aromatic carbocycles. The zero-order valence-electron chi connectivity index (χ0n) is 19.7. The third kappa shape index (κ3) is 3.86. The first-order valence-corrected chi connectivity index (χ1v) is 12.6. The van der Waals surface area contributed by atoms with Crippen LogP contribution in [0.15, 0.2) is 11.6 Å². The van der Waals surface area contributed by atoms with Gasteiger partial charge in [0.05, 0.1) is 11.7 Å². The first kappa shape index (κ1) is 21.9. The van der Waals surface area contributed by atoms with E-state index in [0.29, 0.717) is 10.8 Å². The normalized spacial score (nSPS) is 45.8. The summed E-state index contributed by atoms with van der Waals surface area (Å²) in [6, 6.07) is 0. The van der Waals surface area contributed by atoms with Crippen LogP contribution in [-0.2, 0) is 0 Å². The predicted molar refractivity (Wildman–Crippen MR) is 121 cm³/mol. The number of aliphatic hydroxyl groups is 2. The van der Waals surface area contributed by atoms with Crippen molar-refractivity contribution in [2.45, 2.75) is 117 Å². The van der Waals surface area contributed by atoms with Crippen LogP contribution >= 0.6 is 0 Å². The number of hydrogen-bond donors (Lipinski definition) is 2. The fraction of sp³-hybridized carbons (Fsp3) is 0.926. The van der Waals surface area contributed by atoms with E-state index < -0.39 is 5.60 Å². The summed E-state index contributed by atoms with van der Waals surface area (Å²) in [4.78, 5) is 0. The number of fused-ring (bicyclic) bond motifs is 5. The number of hydrogen-bond acceptors (Lipinski definition) is 2. The third-order valence-electron chi connectivity index (χ3n) is 10.3. The summed E-state index contributed by atoms with van der Waals surface area (Å²) in [6.07, 6.45) is 15.9. The molecular weight excluding hydrogens is 356 g/mol. The van der Waals surface area contributed by atoms with Crippen molar-refractivity contribution in [1.29, 1.82) is 0 Å². The minimum Gasteiger partial charge on any atom is -0.393 e. The van der Waals surface area contributed by atoms with Gasteiger partial charge in [0.15, 0.2) is 0 Å². The zero-order chi connectivity index (χ0) is 21.0. The SMILES string of the molecule is C[C@H](CCCC(C)(C)O)[C@H]1CC[C@H]2[C@@H]3CC=C4C[C@H](O)CC[C@]4(C)[C@H]3CC[C@]12C. The van der Waals surface area contributed by atoms with Crippen LogP contribution in [0.25, 0.3) is 0 Å². The highest BCUT2D eigenvalue weighted by molar-refractivity contribution is 5.25. The average molecular weight is 403 g/mol. The summed E-state index contributed by atoms with van der Waals surface area (Å²) in [5.41, 5.74) is 1.95. The van der Waals surface area contributed by atoms with Gasteiger partial charge in [-0.2, -0.15) is 0 Å². The van der Waals surface area contributed by atoms with Crippen molar-refractivity contribution >= 4 is 0 Å². The summed E-state index contributed by atoms with van der Waals surface area (Å²) in [5, 5.41) is 20.3. The largest absolute Gasteiger partial charge is 0.393 e. The van der Waals surface area contributed by atoms with Crippen LogP contribution < -0.4 is 0 Å². The van der Waals surface area contributed by atoms with Gasteiger partial charge < -0.3 is 10.2 Å². The highest BCUT2D eigenvalue weighted by Crippen LogP contribution is 2.67. The third-order valence-corrected chi connectivity index (χ3v) is 10.3. The molecule has 0 radical (unpaired) electrons. The lowest BCUT2D eigenvalue weighted by molar-refractivity contribution is -0.0575. The predicted octanol–water partition coefficient (Wildman–Crippen LogP) is 6.50. The molecule has 0 amide bonds. The quantitative estimate of drug-likeness (QED) is 0.515. The Morgan fingerprint density at radius 3 is 2.59 bits per heavy atom. The molecule has 0 aromatic rings. The van der Waals surface area contributed by atoms with E-state index in [1.54, 1.807) is 5.57 Å². The molecule has 3 saturated carbocycles. The van der Waals surface area contributed by atoms with Gasteiger partial charge in [0.25, 0.3) is 0 Å². The summed E-state index contributed by atoms with van der Waals surface area (Å²) in [5.74, 6) is 4.24. The first-order chi connectivity index (χ1) is 13.5. The van der Waals surface area contributed by atoms with Crippen LogP contribution in [0.3, 0.4) is 0 Å². The Morgan fingerprint density at radius 2 is 1.86 bits per heavy atom. The Labute approximate surface area is 179 Å². The molecular formula is C27H46O2. The van der Waals surface area contributed by atoms with E-state index in [1.165, 1.54) is 44.9 Å². The van der Waals surface area contributed by atoms with Gasteiger partial charge in [0, 0.05) is 0 Å². The molecule has 0 aliphatic heterocycles. The van der Waals surface area contributed by atoms with Crippen LogP contribution in [0.2, 0.25) is 0 Å². The van der Waals surface area contributed by atoms with Crippen molar-refractivity contribution in [2.75, 3.05) is 0 Å². The summed E-state index contributed by atoms with van der Waals surface area (Å²) in [7, 11) is 0. The van der Waals surface area contributed by atoms with Gasteiger partial charge in [0.2, 0.25) is 0 Å². The molecule has 0 aromatic heterocycles. The van der Waals surface area contributed by atoms with E-state index in [-0.39, 0.29) is 6.10 Å². The van der Waals surface area contributed by atoms with Crippen molar-refractivity contribution < 1.29 is 10.2 Å². The Hall–Kier alpha value is -0.340. The summed E-state index contributed by atoms with van der Waals surface area (Å²) < 4.78 is 0. The van der Waals surface area contributed by atoms with Gasteiger partial charge in [-0.25, -0.2) is 0 Å². The maximum absolute atomic E-state index is 10.2. The van der Waals surface area contributed by atoms with Crippen LogP contribution in [0, 0.1) is 40.4 Å². The fourth-order valence-corrected chi connectivity index (χ4v) is 8.67. The smallest absolute Gasteiger partial charge is 0.0591 e. The molecule has 0 unspecified atom stereocenters. The van der Waals surface area contributed by atoms with E-state index in [9.17, 15) is 10.2 Å². The van der Waals surface area contributed by atoms with Crippen LogP contribution in [0.4, 0.5) is 0 Å². The van der Waals surface area contributed by atoms with Gasteiger partial charge in [0.1, 0.15) is 0 Å². The van der Waals surface area contributed by atoms with E-state index in [1.807, 2.05) is 13.8 Å². The zero-order valence-corrected chi connectivity index (χ0v) is 19.7. The standard InChI is InChI=1S/C27H46O2/c1-18(7-6-14-25(2,3)29)22-10-11-23-21-9-8-19-17-20(28)12-15-26(19,4)24(21)13-16-27(22,23)5/h8,18,20-24,28-29H,6-7,9-17H2,1-5H3/t18-,20-,21+,22-,23+,24+,26+,27-/m1/s1. The molecule has 2 N–H and O–H groups in total. The highest BCUT2D eigenvalue weighted by atomic mass is 16.3. The molecule has 0 spiro atoms. The minimum absolute atomic E-state index is 0.0969. The van der Waals surface area contributed by atoms with Crippen LogP contribution in [-0.4, -0.2) is 21.9 Å². The second-order valence-corrected chi connectivity index (χ2v) is 12.6. The molecule has 0 bridgehead atoms. The average Bonchev–Trinajstić information content (AvgIpc) is 2.98. The molecule has 0 saturated heterocycles. The number of allylic oxidation sites excluding steroid dienone is 1. The molecule has 166 valence electrons. The molecule has 29 heavy (non-hydrogen) atoms. The highest BCUT2D eigenvalue weighted by Gasteiger charge is 2.59. The molecule has 8 atom stereocenters. The van der Waals surface area contributed by atoms with Gasteiger partial charge in [-0.3, -0.25) is 0 Å². The number of aliphatic hydroxyl groups excluding tert-OH is 1. The second kappa shape index (κ2) is 7.66. The fourth-order valence-electron chi connectivity index (χ4n) is 8.67. The lowest BCUT2D eigenvalue weighted by atomic mass is 9.47.